The van der Waals surface area contributed by atoms with Gasteiger partial charge in [0.25, 0.3) is 11.8 Å². The third-order valence-electron chi connectivity index (χ3n) is 30.0. The molecule has 9 aromatic rings. The van der Waals surface area contributed by atoms with E-state index in [4.69, 9.17) is 33.2 Å². The van der Waals surface area contributed by atoms with Crippen molar-refractivity contribution in [1.82, 2.24) is 0 Å². The van der Waals surface area contributed by atoms with E-state index >= 15 is 0 Å². The summed E-state index contributed by atoms with van der Waals surface area (Å²) in [6, 6.07) is 80.4. The number of aliphatic hydroxyl groups excluding tert-OH is 5. The zero-order valence-electron chi connectivity index (χ0n) is 82.4. The first-order chi connectivity index (χ1) is 66.6. The number of carbonyl (C=O) groups excluding carboxylic acids is 3. The molecule has 13 aliphatic rings. The van der Waals surface area contributed by atoms with Gasteiger partial charge in [-0.25, -0.2) is 22.4 Å². The van der Waals surface area contributed by atoms with Crippen molar-refractivity contribution < 1.29 is 99.4 Å². The summed E-state index contributed by atoms with van der Waals surface area (Å²) in [7, 11) is -0.118. The largest absolute Gasteiger partial charge is 0.459 e. The molecule has 0 aromatic heterocycles. The first-order valence-electron chi connectivity index (χ1n) is 49.0. The Morgan fingerprint density at radius 1 is 0.371 bits per heavy atom. The lowest BCUT2D eigenvalue weighted by molar-refractivity contribution is -0.391. The zero-order chi connectivity index (χ0) is 100. The van der Waals surface area contributed by atoms with Crippen LogP contribution in [0.4, 0.5) is 26.3 Å². The normalized spacial score (nSPS) is 26.4. The molecule has 0 radical (unpaired) electrons. The van der Waals surface area contributed by atoms with E-state index in [1.54, 1.807) is 23.5 Å². The number of thioether (sulfide) groups is 2. The molecular weight excluding hydrogens is 1880 g/mol. The molecule has 10 bridgehead atoms. The smallest absolute Gasteiger partial charge is 0.377 e. The number of halogens is 6. The average molecular weight is 2020 g/mol. The Morgan fingerprint density at radius 2 is 0.650 bits per heavy atom. The molecule has 22 rings (SSSR count). The monoisotopic (exact) mass is 2020 g/mol. The third kappa shape index (κ3) is 24.2. The topological polar surface area (TPSA) is 217 Å². The molecule has 10 aliphatic carbocycles. The Bertz CT molecular complexity index is 4920. The van der Waals surface area contributed by atoms with Gasteiger partial charge >= 0.3 is 23.8 Å². The van der Waals surface area contributed by atoms with Crippen LogP contribution in [0.5, 0.6) is 0 Å². The molecule has 8 unspecified atom stereocenters. The van der Waals surface area contributed by atoms with Gasteiger partial charge in [-0.3, -0.25) is 9.59 Å². The van der Waals surface area contributed by atoms with Crippen LogP contribution >= 0.6 is 23.5 Å². The molecule has 5 N–H and O–H groups in total. The van der Waals surface area contributed by atoms with Gasteiger partial charge in [0, 0.05) is 61.4 Å². The van der Waals surface area contributed by atoms with Crippen molar-refractivity contribution in [2.45, 2.75) is 256 Å². The molecule has 15 nitrogen and oxygen atoms in total. The molecule has 0 amide bonds. The number of aliphatic hydroxyl groups is 5. The van der Waals surface area contributed by atoms with E-state index in [2.05, 4.69) is 281 Å². The highest BCUT2D eigenvalue weighted by Crippen LogP contribution is 2.70. The van der Waals surface area contributed by atoms with Gasteiger partial charge in [-0.1, -0.05) is 159 Å². The molecule has 3 saturated heterocycles. The molecule has 3 aliphatic heterocycles. The van der Waals surface area contributed by atoms with E-state index in [0.29, 0.717) is 81.3 Å². The van der Waals surface area contributed by atoms with Gasteiger partial charge in [0.15, 0.2) is 68.8 Å². The van der Waals surface area contributed by atoms with Crippen molar-refractivity contribution in [2.75, 3.05) is 77.6 Å². The molecule has 10 saturated carbocycles. The highest BCUT2D eigenvalue weighted by molar-refractivity contribution is 8.19. The number of ether oxygens (including phenoxy) is 7. The van der Waals surface area contributed by atoms with E-state index in [-0.39, 0.29) is 115 Å². The first kappa shape index (κ1) is 107. The molecule has 26 heteroatoms. The molecular formula is C114H137F6O15S5+3. The summed E-state index contributed by atoms with van der Waals surface area (Å²) >= 11 is 3.15. The van der Waals surface area contributed by atoms with Crippen LogP contribution in [0.25, 0.3) is 0 Å². The van der Waals surface area contributed by atoms with Crippen molar-refractivity contribution in [3.05, 3.63) is 268 Å². The molecule has 3 spiro atoms. The Balaban J connectivity index is 0.000000127. The molecule has 8 atom stereocenters. The molecule has 9 aromatic carbocycles. The maximum Gasteiger partial charge on any atom is 0.377 e. The van der Waals surface area contributed by atoms with Gasteiger partial charge in [-0.15, -0.1) is 23.5 Å². The van der Waals surface area contributed by atoms with Crippen molar-refractivity contribution >= 4 is 74.1 Å². The first-order valence-corrected chi connectivity index (χ1v) is 54.7. The Labute approximate surface area is 839 Å². The second-order valence-corrected chi connectivity index (χ2v) is 50.8. The SMILES string of the molecule is CC(F)(F)C(=O)OC1C2CCC(C2)C12SCC(CO)(CO)CS2.CC(F)(F)COC(=O)C12CC3CC(C1)C1(OCC(CO)(CO)CO1)C(C3)C2.CC(F)(F)COC(=O)C12CC3CC(C1)C1(OCC(CO)O1)C(C3)C2.Cc1ccc([S+](c2ccc(C)cc2)c2ccc(C)cc2)cc1.Cc1ccc([S+](c2ccc(C)cc2)c2ccc(C)cc2)cc1.Cc1ccc([S+](c2ccc(C)cc2)c2ccc(C)cc2)cc1. The van der Waals surface area contributed by atoms with Crippen LogP contribution in [-0.2, 0) is 80.2 Å². The predicted octanol–water partition coefficient (Wildman–Crippen LogP) is 23.1. The predicted molar refractivity (Wildman–Crippen MR) is 540 cm³/mol. The van der Waals surface area contributed by atoms with Crippen molar-refractivity contribution in [2.24, 2.45) is 69.0 Å². The molecule has 3 heterocycles. The summed E-state index contributed by atoms with van der Waals surface area (Å²) < 4.78 is 118. The third-order valence-corrected chi connectivity index (χ3v) is 41.0. The lowest BCUT2D eigenvalue weighted by Gasteiger charge is -2.64. The van der Waals surface area contributed by atoms with Crippen LogP contribution < -0.4 is 0 Å². The Kier molecular flexibility index (Phi) is 33.8. The Morgan fingerprint density at radius 3 is 0.900 bits per heavy atom. The molecule has 752 valence electrons. The number of rotatable bonds is 22. The van der Waals surface area contributed by atoms with Crippen LogP contribution in [0, 0.1) is 131 Å². The summed E-state index contributed by atoms with van der Waals surface area (Å²) in [5, 5.41) is 47.6. The highest BCUT2D eigenvalue weighted by atomic mass is 32.2. The van der Waals surface area contributed by atoms with E-state index in [0.717, 1.165) is 58.8 Å². The number of alkyl halides is 6. The van der Waals surface area contributed by atoms with Crippen LogP contribution in [0.2, 0.25) is 0 Å². The lowest BCUT2D eigenvalue weighted by Crippen LogP contribution is -2.68. The number of hydrogen-bond donors (Lipinski definition) is 5. The number of benzene rings is 9. The van der Waals surface area contributed by atoms with Gasteiger partial charge in [-0.05, 0) is 279 Å². The number of aryl methyl sites for hydroxylation is 9. The average Bonchev–Trinajstić information content (AvgIpc) is 0.972. The van der Waals surface area contributed by atoms with Crippen molar-refractivity contribution in [3.8, 4) is 0 Å². The summed E-state index contributed by atoms with van der Waals surface area (Å²) in [6.45, 7) is 19.6. The second-order valence-electron chi connectivity index (χ2n) is 41.9. The number of esters is 3. The molecule has 140 heavy (non-hydrogen) atoms. The Hall–Kier alpha value is -7.64. The van der Waals surface area contributed by atoms with E-state index in [1.165, 1.54) is 94.1 Å². The van der Waals surface area contributed by atoms with Crippen molar-refractivity contribution in [3.63, 3.8) is 0 Å². The highest BCUT2D eigenvalue weighted by Gasteiger charge is 2.71. The minimum Gasteiger partial charge on any atom is -0.459 e. The van der Waals surface area contributed by atoms with Crippen LogP contribution in [0.1, 0.15) is 154 Å². The minimum atomic E-state index is -3.48. The fourth-order valence-electron chi connectivity index (χ4n) is 22.6. The fraction of sp³-hybridized carbons (Fsp3) is 0.500. The van der Waals surface area contributed by atoms with Crippen molar-refractivity contribution in [1.29, 1.82) is 0 Å². The summed E-state index contributed by atoms with van der Waals surface area (Å²) in [5.41, 5.74) is 9.01. The van der Waals surface area contributed by atoms with Crippen LogP contribution in [0.15, 0.2) is 262 Å². The summed E-state index contributed by atoms with van der Waals surface area (Å²) in [5.74, 6) is -11.1. The van der Waals surface area contributed by atoms with E-state index in [1.807, 2.05) is 0 Å². The van der Waals surface area contributed by atoms with Crippen LogP contribution in [-0.4, -0.2) is 167 Å². The quantitative estimate of drug-likeness (QED) is 0.0184. The minimum absolute atomic E-state index is 0.00572. The molecule has 13 fully saturated rings. The number of hydrogen-bond acceptors (Lipinski definition) is 17. The number of fused-ring (bicyclic) bond motifs is 3. The van der Waals surface area contributed by atoms with Gasteiger partial charge in [0.1, 0.15) is 16.3 Å². The van der Waals surface area contributed by atoms with Gasteiger partial charge in [-0.2, -0.15) is 8.78 Å². The van der Waals surface area contributed by atoms with Gasteiger partial charge < -0.3 is 58.7 Å². The zero-order valence-corrected chi connectivity index (χ0v) is 86.4. The second kappa shape index (κ2) is 44.3. The fourth-order valence-corrected chi connectivity index (χ4v) is 32.9. The van der Waals surface area contributed by atoms with E-state index in [9.17, 15) is 66.3 Å². The lowest BCUT2D eigenvalue weighted by atomic mass is 9.47. The summed E-state index contributed by atoms with van der Waals surface area (Å²) in [6.07, 6.45) is 9.15. The summed E-state index contributed by atoms with van der Waals surface area (Å²) in [4.78, 5) is 49.3. The standard InChI is InChI=1S/3C21H21S.C19H28F2O6.C17H24F2O5.C15H22F2O4S2/c3*1-16-4-10-19(11-5-16)22(20-12-6-17(2)7-13-20)21-14-8-18(3)9-15-21;1-16(20,21)9-25-15(24)18-4-12-2-13(5-18)19(14(3-12)6-18)26-10-17(7-22,8-23)11-27-19;1-15(18,19)9-22-14(21)16-4-10-2-11(5-16)17(12(3-10)6-16)23-8-13(7-20)24-17;1-13(16,17)12(20)21-11-9-2-3-10(4-9)15(11)22-7-14(5-18,6-19)8-23-15/h3*4-15H,1-3H3;12-14,22-23H,2-11H2,1H3;10-13,20H,2-9H2,1H3;9-11,18-19H,2-8H2,1H3/q3*+1;;;. The van der Waals surface area contributed by atoms with Crippen LogP contribution in [0.3, 0.4) is 0 Å². The number of carbonyl (C=O) groups is 3. The van der Waals surface area contributed by atoms with E-state index < -0.39 is 92.3 Å². The maximum atomic E-state index is 13.2. The maximum absolute atomic E-state index is 13.2. The van der Waals surface area contributed by atoms with Gasteiger partial charge in [0.2, 0.25) is 0 Å². The van der Waals surface area contributed by atoms with Gasteiger partial charge in [0.05, 0.1) is 102 Å².